The van der Waals surface area contributed by atoms with Crippen molar-refractivity contribution >= 4 is 10.5 Å². The van der Waals surface area contributed by atoms with Gasteiger partial charge in [0, 0.05) is 0 Å². The van der Waals surface area contributed by atoms with Crippen LogP contribution in [0, 0.1) is 0 Å². The first-order valence-corrected chi connectivity index (χ1v) is 3.44. The van der Waals surface area contributed by atoms with E-state index in [0.717, 1.165) is 0 Å². The van der Waals surface area contributed by atoms with Crippen LogP contribution in [0.15, 0.2) is 0 Å². The van der Waals surface area contributed by atoms with Crippen LogP contribution in [-0.2, 0) is 10.5 Å². The van der Waals surface area contributed by atoms with Crippen LogP contribution < -0.4 is 0 Å². The molecular weight excluding hydrogens is 154 g/mol. The Balaban J connectivity index is 0. The SMILES string of the molecule is CCCF.O=S(=O)([O-])F. The molecule has 0 bridgehead atoms. The van der Waals surface area contributed by atoms with Gasteiger partial charge in [0.15, 0.2) is 0 Å². The Morgan fingerprint density at radius 2 is 1.67 bits per heavy atom. The quantitative estimate of drug-likeness (QED) is 0.422. The molecule has 6 heteroatoms. The molecule has 0 aromatic heterocycles. The van der Waals surface area contributed by atoms with Crippen LogP contribution in [-0.4, -0.2) is 19.6 Å². The summed E-state index contributed by atoms with van der Waals surface area (Å²) < 4.78 is 46.1. The minimum atomic E-state index is -5.42. The summed E-state index contributed by atoms with van der Waals surface area (Å²) in [6.07, 6.45) is 0.653. The van der Waals surface area contributed by atoms with E-state index in [2.05, 4.69) is 0 Å². The van der Waals surface area contributed by atoms with Gasteiger partial charge in [0.1, 0.15) is 0 Å². The molecule has 0 amide bonds. The van der Waals surface area contributed by atoms with Crippen LogP contribution in [0.1, 0.15) is 13.3 Å². The zero-order chi connectivity index (χ0) is 7.91. The summed E-state index contributed by atoms with van der Waals surface area (Å²) in [6.45, 7) is 1.62. The number of hydrogen-bond acceptors (Lipinski definition) is 3. The molecule has 0 aliphatic carbocycles. The van der Waals surface area contributed by atoms with Crippen molar-refractivity contribution in [2.75, 3.05) is 6.67 Å². The molecular formula is C3H7F2O3S-. The van der Waals surface area contributed by atoms with Gasteiger partial charge in [-0.15, -0.1) is 3.89 Å². The highest BCUT2D eigenvalue weighted by atomic mass is 32.3. The van der Waals surface area contributed by atoms with E-state index in [-0.39, 0.29) is 6.67 Å². The average molecular weight is 161 g/mol. The summed E-state index contributed by atoms with van der Waals surface area (Å²) in [7, 11) is -5.42. The van der Waals surface area contributed by atoms with Crippen LogP contribution >= 0.6 is 0 Å². The first-order chi connectivity index (χ1) is 3.91. The van der Waals surface area contributed by atoms with Crippen molar-refractivity contribution in [1.82, 2.24) is 0 Å². The first-order valence-electron chi connectivity index (χ1n) is 2.13. The van der Waals surface area contributed by atoms with Crippen LogP contribution in [0.5, 0.6) is 0 Å². The van der Waals surface area contributed by atoms with Gasteiger partial charge in [0.05, 0.1) is 6.67 Å². The van der Waals surface area contributed by atoms with Gasteiger partial charge < -0.3 is 4.55 Å². The van der Waals surface area contributed by atoms with E-state index in [9.17, 15) is 8.28 Å². The highest BCUT2D eigenvalue weighted by molar-refractivity contribution is 7.80. The maximum Gasteiger partial charge on any atom is 0.255 e. The van der Waals surface area contributed by atoms with E-state index in [4.69, 9.17) is 13.0 Å². The Hall–Kier alpha value is -0.230. The molecule has 0 aliphatic rings. The molecule has 0 aromatic carbocycles. The minimum absolute atomic E-state index is 0.181. The van der Waals surface area contributed by atoms with Gasteiger partial charge in [0.25, 0.3) is 10.5 Å². The number of rotatable bonds is 1. The molecule has 0 atom stereocenters. The third kappa shape index (κ3) is 436. The minimum Gasteiger partial charge on any atom is -0.722 e. The second kappa shape index (κ2) is 5.90. The fourth-order valence-electron chi connectivity index (χ4n) is 0. The molecule has 0 saturated heterocycles. The Labute approximate surface area is 52.7 Å². The van der Waals surface area contributed by atoms with Gasteiger partial charge in [-0.05, 0) is 6.42 Å². The molecule has 9 heavy (non-hydrogen) atoms. The zero-order valence-electron chi connectivity index (χ0n) is 4.80. The summed E-state index contributed by atoms with van der Waals surface area (Å²) in [5, 5.41) is 0. The van der Waals surface area contributed by atoms with Gasteiger partial charge >= 0.3 is 0 Å². The van der Waals surface area contributed by atoms with Gasteiger partial charge in [-0.1, -0.05) is 6.92 Å². The van der Waals surface area contributed by atoms with Crippen molar-refractivity contribution in [2.24, 2.45) is 0 Å². The molecule has 58 valence electrons. The molecule has 3 nitrogen and oxygen atoms in total. The topological polar surface area (TPSA) is 57.2 Å². The molecule has 0 fully saturated rings. The first kappa shape index (κ1) is 11.6. The van der Waals surface area contributed by atoms with Gasteiger partial charge in [-0.25, -0.2) is 8.42 Å². The van der Waals surface area contributed by atoms with Gasteiger partial charge in [-0.3, -0.25) is 4.39 Å². The molecule has 0 aliphatic heterocycles. The maximum atomic E-state index is 10.7. The molecule has 0 unspecified atom stereocenters. The van der Waals surface area contributed by atoms with Crippen molar-refractivity contribution in [3.63, 3.8) is 0 Å². The summed E-state index contributed by atoms with van der Waals surface area (Å²) in [6, 6.07) is 0. The highest BCUT2D eigenvalue weighted by Crippen LogP contribution is 1.73. The monoisotopic (exact) mass is 161 g/mol. The Kier molecular flexibility index (Phi) is 7.57. The summed E-state index contributed by atoms with van der Waals surface area (Å²) in [5.74, 6) is 0. The maximum absolute atomic E-state index is 10.7. The molecule has 0 aromatic rings. The smallest absolute Gasteiger partial charge is 0.255 e. The number of alkyl halides is 1. The summed E-state index contributed by atoms with van der Waals surface area (Å²) in [4.78, 5) is 0. The fourth-order valence-corrected chi connectivity index (χ4v) is 0. The summed E-state index contributed by atoms with van der Waals surface area (Å²) in [5.41, 5.74) is 0. The lowest BCUT2D eigenvalue weighted by atomic mass is 10.6. The van der Waals surface area contributed by atoms with Crippen molar-refractivity contribution in [3.8, 4) is 0 Å². The van der Waals surface area contributed by atoms with Crippen LogP contribution in [0.25, 0.3) is 0 Å². The molecule has 0 spiro atoms. The van der Waals surface area contributed by atoms with Crippen molar-refractivity contribution in [2.45, 2.75) is 13.3 Å². The van der Waals surface area contributed by atoms with Gasteiger partial charge in [0.2, 0.25) is 0 Å². The van der Waals surface area contributed by atoms with E-state index in [1.165, 1.54) is 0 Å². The van der Waals surface area contributed by atoms with E-state index in [1.807, 2.05) is 0 Å². The molecule has 0 heterocycles. The van der Waals surface area contributed by atoms with Crippen molar-refractivity contribution < 1.29 is 21.2 Å². The third-order valence-electron chi connectivity index (χ3n) is 0.189. The Morgan fingerprint density at radius 1 is 1.56 bits per heavy atom. The largest absolute Gasteiger partial charge is 0.722 e. The standard InChI is InChI=1S/C3H7F.FHO3S/c1-2-3-4;1-5(2,3)4/h2-3H2,1H3;(H,2,3,4)/p-1. The third-order valence-corrected chi connectivity index (χ3v) is 0.189. The molecule has 0 saturated carbocycles. The molecule has 0 N–H and O–H groups in total. The second-order valence-corrected chi connectivity index (χ2v) is 1.87. The van der Waals surface area contributed by atoms with Crippen molar-refractivity contribution in [1.29, 1.82) is 0 Å². The lowest BCUT2D eigenvalue weighted by molar-refractivity contribution is 0.417. The van der Waals surface area contributed by atoms with E-state index >= 15 is 0 Å². The zero-order valence-corrected chi connectivity index (χ0v) is 5.62. The fraction of sp³-hybridized carbons (Fsp3) is 1.00. The van der Waals surface area contributed by atoms with Crippen LogP contribution in [0.2, 0.25) is 0 Å². The van der Waals surface area contributed by atoms with Crippen molar-refractivity contribution in [3.05, 3.63) is 0 Å². The van der Waals surface area contributed by atoms with E-state index in [0.29, 0.717) is 6.42 Å². The number of hydrogen-bond donors (Lipinski definition) is 0. The van der Waals surface area contributed by atoms with Gasteiger partial charge in [-0.2, -0.15) is 0 Å². The Morgan fingerprint density at radius 3 is 1.67 bits per heavy atom. The molecule has 0 radical (unpaired) electrons. The average Bonchev–Trinajstić information content (AvgIpc) is 1.61. The lowest BCUT2D eigenvalue weighted by Crippen LogP contribution is -1.81. The second-order valence-electron chi connectivity index (χ2n) is 1.08. The van der Waals surface area contributed by atoms with Crippen LogP contribution in [0.3, 0.4) is 0 Å². The predicted molar refractivity (Wildman–Crippen MR) is 27.1 cm³/mol. The number of halogens is 2. The van der Waals surface area contributed by atoms with E-state index < -0.39 is 10.5 Å². The van der Waals surface area contributed by atoms with E-state index in [1.54, 1.807) is 6.92 Å². The Bertz CT molecular complexity index is 120. The van der Waals surface area contributed by atoms with Crippen LogP contribution in [0.4, 0.5) is 8.28 Å². The normalized spacial score (nSPS) is 9.78. The summed E-state index contributed by atoms with van der Waals surface area (Å²) >= 11 is 0. The predicted octanol–water partition coefficient (Wildman–Crippen LogP) is 0.782. The highest BCUT2D eigenvalue weighted by Gasteiger charge is 1.73. The molecule has 0 rings (SSSR count). The lowest BCUT2D eigenvalue weighted by Gasteiger charge is -1.84.